The summed E-state index contributed by atoms with van der Waals surface area (Å²) in [4.78, 5) is 2.43. The minimum Gasteiger partial charge on any atom is -0.377 e. The summed E-state index contributed by atoms with van der Waals surface area (Å²) in [5.41, 5.74) is 0.894. The SMILES string of the molecule is C#C[C@]1(O)C[C@H]2CC[C@@H](C1)N2c1ccc(C#N)c2ccccc12. The Balaban J connectivity index is 1.83. The molecule has 2 heterocycles. The van der Waals surface area contributed by atoms with E-state index >= 15 is 0 Å². The number of aliphatic hydroxyl groups is 1. The first-order chi connectivity index (χ1) is 11.1. The van der Waals surface area contributed by atoms with Crippen molar-refractivity contribution in [1.29, 1.82) is 5.26 Å². The van der Waals surface area contributed by atoms with Crippen LogP contribution >= 0.6 is 0 Å². The molecule has 2 aromatic carbocycles. The second-order valence-electron chi connectivity index (χ2n) is 6.67. The van der Waals surface area contributed by atoms with Crippen molar-refractivity contribution in [1.82, 2.24) is 0 Å². The first-order valence-corrected chi connectivity index (χ1v) is 8.05. The fourth-order valence-corrected chi connectivity index (χ4v) is 4.34. The van der Waals surface area contributed by atoms with Crippen LogP contribution in [0.15, 0.2) is 36.4 Å². The maximum Gasteiger partial charge on any atom is 0.129 e. The minimum atomic E-state index is -0.968. The Kier molecular flexibility index (Phi) is 3.08. The Hall–Kier alpha value is -2.49. The molecule has 2 fully saturated rings. The van der Waals surface area contributed by atoms with E-state index < -0.39 is 5.60 Å². The van der Waals surface area contributed by atoms with Crippen LogP contribution in [-0.4, -0.2) is 22.8 Å². The fourth-order valence-electron chi connectivity index (χ4n) is 4.34. The van der Waals surface area contributed by atoms with Crippen LogP contribution in [0, 0.1) is 23.7 Å². The van der Waals surface area contributed by atoms with Gasteiger partial charge in [-0.05, 0) is 25.0 Å². The summed E-state index contributed by atoms with van der Waals surface area (Å²) in [6.45, 7) is 0. The van der Waals surface area contributed by atoms with Gasteiger partial charge in [-0.1, -0.05) is 30.2 Å². The number of piperidine rings is 1. The van der Waals surface area contributed by atoms with Crippen LogP contribution < -0.4 is 4.90 Å². The Bertz CT molecular complexity index is 844. The molecule has 114 valence electrons. The van der Waals surface area contributed by atoms with Gasteiger partial charge in [-0.15, -0.1) is 6.42 Å². The molecule has 23 heavy (non-hydrogen) atoms. The van der Waals surface area contributed by atoms with Gasteiger partial charge in [0.1, 0.15) is 5.60 Å². The third-order valence-corrected chi connectivity index (χ3v) is 5.33. The zero-order chi connectivity index (χ0) is 16.0. The first kappa shape index (κ1) is 14.1. The fraction of sp³-hybridized carbons (Fsp3) is 0.350. The number of hydrogen-bond acceptors (Lipinski definition) is 3. The predicted molar refractivity (Wildman–Crippen MR) is 91.0 cm³/mol. The average molecular weight is 302 g/mol. The molecule has 3 heteroatoms. The lowest BCUT2D eigenvalue weighted by Gasteiger charge is -2.43. The molecule has 2 bridgehead atoms. The molecule has 0 saturated carbocycles. The number of benzene rings is 2. The highest BCUT2D eigenvalue weighted by molar-refractivity contribution is 5.98. The normalized spacial score (nSPS) is 29.3. The van der Waals surface area contributed by atoms with E-state index in [1.54, 1.807) is 0 Å². The van der Waals surface area contributed by atoms with Gasteiger partial charge < -0.3 is 10.0 Å². The van der Waals surface area contributed by atoms with Gasteiger partial charge >= 0.3 is 0 Å². The van der Waals surface area contributed by atoms with Crippen molar-refractivity contribution >= 4 is 16.5 Å². The summed E-state index contributed by atoms with van der Waals surface area (Å²) in [6.07, 6.45) is 8.90. The van der Waals surface area contributed by atoms with Gasteiger partial charge in [0.25, 0.3) is 0 Å². The quantitative estimate of drug-likeness (QED) is 0.823. The average Bonchev–Trinajstić information content (AvgIpc) is 2.86. The highest BCUT2D eigenvalue weighted by Gasteiger charge is 2.47. The van der Waals surface area contributed by atoms with E-state index in [1.165, 1.54) is 0 Å². The van der Waals surface area contributed by atoms with Crippen molar-refractivity contribution in [2.45, 2.75) is 43.4 Å². The number of nitriles is 1. The highest BCUT2D eigenvalue weighted by atomic mass is 16.3. The van der Waals surface area contributed by atoms with Gasteiger partial charge in [-0.25, -0.2) is 0 Å². The van der Waals surface area contributed by atoms with Crippen LogP contribution in [-0.2, 0) is 0 Å². The van der Waals surface area contributed by atoms with E-state index in [4.69, 9.17) is 6.42 Å². The number of rotatable bonds is 1. The van der Waals surface area contributed by atoms with Crippen molar-refractivity contribution in [2.75, 3.05) is 4.90 Å². The molecule has 0 aliphatic carbocycles. The molecule has 2 aromatic rings. The predicted octanol–water partition coefficient (Wildman–Crippen LogP) is 3.21. The molecule has 2 aliphatic rings. The Morgan fingerprint density at radius 3 is 2.35 bits per heavy atom. The molecule has 0 unspecified atom stereocenters. The first-order valence-electron chi connectivity index (χ1n) is 8.05. The lowest BCUT2D eigenvalue weighted by molar-refractivity contribution is 0.0582. The molecular formula is C20H18N2O. The van der Waals surface area contributed by atoms with Crippen molar-refractivity contribution in [3.8, 4) is 18.4 Å². The van der Waals surface area contributed by atoms with Crippen molar-refractivity contribution < 1.29 is 5.11 Å². The summed E-state index contributed by atoms with van der Waals surface area (Å²) >= 11 is 0. The largest absolute Gasteiger partial charge is 0.377 e. The standard InChI is InChI=1S/C20H18N2O/c1-2-20(23)11-15-8-9-16(12-20)22(15)19-10-7-14(13-21)17-5-3-4-6-18(17)19/h1,3-7,10,15-16,23H,8-9,11-12H2/t15-,16+,20+. The van der Waals surface area contributed by atoms with Gasteiger partial charge in [0.2, 0.25) is 0 Å². The zero-order valence-corrected chi connectivity index (χ0v) is 12.9. The van der Waals surface area contributed by atoms with Crippen LogP contribution in [0.25, 0.3) is 10.8 Å². The maximum atomic E-state index is 10.5. The molecule has 0 aromatic heterocycles. The van der Waals surface area contributed by atoms with Gasteiger partial charge in [-0.3, -0.25) is 0 Å². The topological polar surface area (TPSA) is 47.3 Å². The van der Waals surface area contributed by atoms with Crippen LogP contribution in [0.4, 0.5) is 5.69 Å². The number of anilines is 1. The lowest BCUT2D eigenvalue weighted by atomic mass is 9.86. The molecule has 3 atom stereocenters. The second kappa shape index (κ2) is 5.01. The van der Waals surface area contributed by atoms with E-state index in [9.17, 15) is 10.4 Å². The van der Waals surface area contributed by atoms with Gasteiger partial charge in [0.05, 0.1) is 11.6 Å². The molecule has 3 nitrogen and oxygen atoms in total. The monoisotopic (exact) mass is 302 g/mol. The molecule has 0 amide bonds. The number of terminal acetylenes is 1. The second-order valence-corrected chi connectivity index (χ2v) is 6.67. The van der Waals surface area contributed by atoms with Gasteiger partial charge in [0.15, 0.2) is 0 Å². The van der Waals surface area contributed by atoms with E-state index in [-0.39, 0.29) is 12.1 Å². The summed E-state index contributed by atoms with van der Waals surface area (Å²) in [5, 5.41) is 21.9. The van der Waals surface area contributed by atoms with Crippen LogP contribution in [0.5, 0.6) is 0 Å². The minimum absolute atomic E-state index is 0.270. The third kappa shape index (κ3) is 2.09. The van der Waals surface area contributed by atoms with E-state index in [2.05, 4.69) is 23.0 Å². The van der Waals surface area contributed by atoms with E-state index in [0.717, 1.165) is 29.3 Å². The zero-order valence-electron chi connectivity index (χ0n) is 12.9. The Morgan fingerprint density at radius 1 is 1.09 bits per heavy atom. The molecule has 0 radical (unpaired) electrons. The maximum absolute atomic E-state index is 10.5. The summed E-state index contributed by atoms with van der Waals surface area (Å²) in [6, 6.07) is 14.8. The van der Waals surface area contributed by atoms with Gasteiger partial charge in [0, 0.05) is 41.4 Å². The van der Waals surface area contributed by atoms with Crippen molar-refractivity contribution in [3.05, 3.63) is 42.0 Å². The summed E-state index contributed by atoms with van der Waals surface area (Å²) in [5.74, 6) is 2.59. The van der Waals surface area contributed by atoms with Crippen molar-refractivity contribution in [2.24, 2.45) is 0 Å². The number of hydrogen-bond donors (Lipinski definition) is 1. The number of nitrogens with zero attached hydrogens (tertiary/aromatic N) is 2. The van der Waals surface area contributed by atoms with Gasteiger partial charge in [-0.2, -0.15) is 5.26 Å². The van der Waals surface area contributed by atoms with E-state index in [1.807, 2.05) is 30.3 Å². The summed E-state index contributed by atoms with van der Waals surface area (Å²) < 4.78 is 0. The molecule has 2 saturated heterocycles. The Labute approximate surface area is 136 Å². The van der Waals surface area contributed by atoms with Crippen molar-refractivity contribution in [3.63, 3.8) is 0 Å². The van der Waals surface area contributed by atoms with Crippen LogP contribution in [0.1, 0.15) is 31.2 Å². The third-order valence-electron chi connectivity index (χ3n) is 5.33. The Morgan fingerprint density at radius 2 is 1.74 bits per heavy atom. The number of fused-ring (bicyclic) bond motifs is 3. The molecule has 4 rings (SSSR count). The van der Waals surface area contributed by atoms with Crippen LogP contribution in [0.3, 0.4) is 0 Å². The lowest BCUT2D eigenvalue weighted by Crippen LogP contribution is -2.50. The summed E-state index contributed by atoms with van der Waals surface area (Å²) in [7, 11) is 0. The molecule has 0 spiro atoms. The molecule has 1 N–H and O–H groups in total. The highest BCUT2D eigenvalue weighted by Crippen LogP contribution is 2.45. The van der Waals surface area contributed by atoms with E-state index in [0.29, 0.717) is 18.4 Å². The van der Waals surface area contributed by atoms with Crippen LogP contribution in [0.2, 0.25) is 0 Å². The smallest absolute Gasteiger partial charge is 0.129 e. The molecule has 2 aliphatic heterocycles. The molecular weight excluding hydrogens is 284 g/mol.